The van der Waals surface area contributed by atoms with Crippen LogP contribution in [0, 0.1) is 0 Å². The Bertz CT molecular complexity index is 200. The minimum absolute atomic E-state index is 0.623. The molecule has 88 valence electrons. The lowest BCUT2D eigenvalue weighted by molar-refractivity contribution is 0.191. The van der Waals surface area contributed by atoms with E-state index in [2.05, 4.69) is 36.1 Å². The summed E-state index contributed by atoms with van der Waals surface area (Å²) in [5, 5.41) is 4.19. The van der Waals surface area contributed by atoms with Crippen molar-refractivity contribution in [1.82, 2.24) is 15.1 Å². The van der Waals surface area contributed by atoms with Crippen molar-refractivity contribution in [2.75, 3.05) is 33.7 Å². The van der Waals surface area contributed by atoms with Crippen molar-refractivity contribution >= 4 is 17.3 Å². The van der Waals surface area contributed by atoms with Gasteiger partial charge in [-0.2, -0.15) is 0 Å². The quantitative estimate of drug-likeness (QED) is 0.735. The molecular formula is C11H23N3S. The molecule has 1 aliphatic heterocycles. The minimum Gasteiger partial charge on any atom is -0.363 e. The molecule has 0 aromatic carbocycles. The Morgan fingerprint density at radius 2 is 2.07 bits per heavy atom. The van der Waals surface area contributed by atoms with Crippen molar-refractivity contribution in [3.63, 3.8) is 0 Å². The highest BCUT2D eigenvalue weighted by Gasteiger charge is 2.21. The van der Waals surface area contributed by atoms with Gasteiger partial charge in [0.25, 0.3) is 0 Å². The third-order valence-corrected chi connectivity index (χ3v) is 3.51. The van der Waals surface area contributed by atoms with Crippen LogP contribution in [0.3, 0.4) is 0 Å². The summed E-state index contributed by atoms with van der Waals surface area (Å²) in [4.78, 5) is 4.62. The second-order valence-corrected chi connectivity index (χ2v) is 4.76. The summed E-state index contributed by atoms with van der Waals surface area (Å²) >= 11 is 5.35. The molecule has 0 aromatic heterocycles. The molecule has 1 rings (SSSR count). The Kier molecular flexibility index (Phi) is 5.32. The first-order valence-electron chi connectivity index (χ1n) is 5.84. The first-order chi connectivity index (χ1) is 7.15. The van der Waals surface area contributed by atoms with Gasteiger partial charge in [0, 0.05) is 19.6 Å². The molecule has 1 saturated heterocycles. The zero-order valence-electron chi connectivity index (χ0n) is 10.1. The van der Waals surface area contributed by atoms with E-state index in [-0.39, 0.29) is 0 Å². The normalized spacial score (nSPS) is 18.9. The zero-order valence-corrected chi connectivity index (χ0v) is 10.9. The van der Waals surface area contributed by atoms with E-state index in [4.69, 9.17) is 12.2 Å². The average molecular weight is 229 g/mol. The van der Waals surface area contributed by atoms with Crippen molar-refractivity contribution < 1.29 is 0 Å². The van der Waals surface area contributed by atoms with Gasteiger partial charge < -0.3 is 15.1 Å². The van der Waals surface area contributed by atoms with E-state index >= 15 is 0 Å². The summed E-state index contributed by atoms with van der Waals surface area (Å²) in [7, 11) is 4.30. The summed E-state index contributed by atoms with van der Waals surface area (Å²) in [6.45, 7) is 5.51. The number of hydrogen-bond donors (Lipinski definition) is 1. The number of thiocarbonyl (C=S) groups is 1. The van der Waals surface area contributed by atoms with Gasteiger partial charge in [-0.3, -0.25) is 0 Å². The van der Waals surface area contributed by atoms with Crippen LogP contribution in [-0.2, 0) is 0 Å². The van der Waals surface area contributed by atoms with Crippen LogP contribution in [0.1, 0.15) is 26.2 Å². The van der Waals surface area contributed by atoms with Gasteiger partial charge in [0.1, 0.15) is 0 Å². The van der Waals surface area contributed by atoms with E-state index in [0.29, 0.717) is 6.04 Å². The van der Waals surface area contributed by atoms with Gasteiger partial charge in [0.05, 0.1) is 0 Å². The molecule has 0 spiro atoms. The van der Waals surface area contributed by atoms with Gasteiger partial charge in [-0.15, -0.1) is 0 Å². The topological polar surface area (TPSA) is 18.5 Å². The SMILES string of the molecule is CCCNC(=S)N(C)C1CCN(C)CC1. The second-order valence-electron chi connectivity index (χ2n) is 4.38. The van der Waals surface area contributed by atoms with Gasteiger partial charge in [0.15, 0.2) is 5.11 Å². The third kappa shape index (κ3) is 3.95. The molecule has 1 aliphatic rings. The molecule has 1 N–H and O–H groups in total. The Labute approximate surface area is 98.8 Å². The lowest BCUT2D eigenvalue weighted by atomic mass is 10.0. The lowest BCUT2D eigenvalue weighted by Gasteiger charge is -2.36. The molecule has 0 amide bonds. The molecule has 0 aromatic rings. The number of piperidine rings is 1. The maximum atomic E-state index is 5.35. The van der Waals surface area contributed by atoms with Crippen LogP contribution in [0.2, 0.25) is 0 Å². The van der Waals surface area contributed by atoms with Crippen LogP contribution < -0.4 is 5.32 Å². The van der Waals surface area contributed by atoms with Gasteiger partial charge in [-0.05, 0) is 51.6 Å². The standard InChI is InChI=1S/C11H23N3S/c1-4-7-12-11(15)14(3)10-5-8-13(2)9-6-10/h10H,4-9H2,1-3H3,(H,12,15). The van der Waals surface area contributed by atoms with Crippen molar-refractivity contribution in [3.05, 3.63) is 0 Å². The number of hydrogen-bond acceptors (Lipinski definition) is 2. The lowest BCUT2D eigenvalue weighted by Crippen LogP contribution is -2.48. The average Bonchev–Trinajstić information content (AvgIpc) is 2.26. The van der Waals surface area contributed by atoms with Crippen LogP contribution in [-0.4, -0.2) is 54.7 Å². The van der Waals surface area contributed by atoms with Crippen LogP contribution >= 0.6 is 12.2 Å². The maximum absolute atomic E-state index is 5.35. The number of nitrogens with zero attached hydrogens (tertiary/aromatic N) is 2. The molecule has 0 saturated carbocycles. The molecule has 4 heteroatoms. The van der Waals surface area contributed by atoms with Crippen LogP contribution in [0.4, 0.5) is 0 Å². The Balaban J connectivity index is 2.32. The maximum Gasteiger partial charge on any atom is 0.168 e. The molecule has 0 atom stereocenters. The molecule has 0 aliphatic carbocycles. The van der Waals surface area contributed by atoms with Crippen LogP contribution in [0.15, 0.2) is 0 Å². The summed E-state index contributed by atoms with van der Waals surface area (Å²) in [5.74, 6) is 0. The first kappa shape index (κ1) is 12.7. The van der Waals surface area contributed by atoms with E-state index in [1.54, 1.807) is 0 Å². The highest BCUT2D eigenvalue weighted by Crippen LogP contribution is 2.13. The molecule has 1 fully saturated rings. The van der Waals surface area contributed by atoms with Crippen LogP contribution in [0.25, 0.3) is 0 Å². The van der Waals surface area contributed by atoms with Gasteiger partial charge in [-0.1, -0.05) is 6.92 Å². The van der Waals surface area contributed by atoms with Crippen molar-refractivity contribution in [2.24, 2.45) is 0 Å². The summed E-state index contributed by atoms with van der Waals surface area (Å²) in [6, 6.07) is 0.623. The molecule has 1 heterocycles. The third-order valence-electron chi connectivity index (χ3n) is 3.08. The second kappa shape index (κ2) is 6.28. The molecule has 3 nitrogen and oxygen atoms in total. The number of nitrogens with one attached hydrogen (secondary N) is 1. The van der Waals surface area contributed by atoms with Crippen LogP contribution in [0.5, 0.6) is 0 Å². The summed E-state index contributed by atoms with van der Waals surface area (Å²) < 4.78 is 0. The van der Waals surface area contributed by atoms with E-state index < -0.39 is 0 Å². The minimum atomic E-state index is 0.623. The van der Waals surface area contributed by atoms with Crippen molar-refractivity contribution in [3.8, 4) is 0 Å². The molecule has 0 unspecified atom stereocenters. The van der Waals surface area contributed by atoms with E-state index in [0.717, 1.165) is 18.1 Å². The highest BCUT2D eigenvalue weighted by atomic mass is 32.1. The number of rotatable bonds is 3. The van der Waals surface area contributed by atoms with E-state index in [9.17, 15) is 0 Å². The molecule has 15 heavy (non-hydrogen) atoms. The molecule has 0 bridgehead atoms. The van der Waals surface area contributed by atoms with Crippen molar-refractivity contribution in [2.45, 2.75) is 32.2 Å². The predicted octanol–water partition coefficient (Wildman–Crippen LogP) is 1.30. The predicted molar refractivity (Wildman–Crippen MR) is 69.2 cm³/mol. The summed E-state index contributed by atoms with van der Waals surface area (Å²) in [5.41, 5.74) is 0. The Hall–Kier alpha value is -0.350. The molecular weight excluding hydrogens is 206 g/mol. The highest BCUT2D eigenvalue weighted by molar-refractivity contribution is 7.80. The smallest absolute Gasteiger partial charge is 0.168 e. The van der Waals surface area contributed by atoms with Gasteiger partial charge >= 0.3 is 0 Å². The van der Waals surface area contributed by atoms with Crippen molar-refractivity contribution in [1.29, 1.82) is 0 Å². The van der Waals surface area contributed by atoms with Gasteiger partial charge in [-0.25, -0.2) is 0 Å². The van der Waals surface area contributed by atoms with E-state index in [1.165, 1.54) is 25.9 Å². The molecule has 0 radical (unpaired) electrons. The largest absolute Gasteiger partial charge is 0.363 e. The Morgan fingerprint density at radius 1 is 1.47 bits per heavy atom. The van der Waals surface area contributed by atoms with E-state index in [1.807, 2.05) is 0 Å². The fourth-order valence-electron chi connectivity index (χ4n) is 1.90. The van der Waals surface area contributed by atoms with Gasteiger partial charge in [0.2, 0.25) is 0 Å². The first-order valence-corrected chi connectivity index (χ1v) is 6.25. The monoisotopic (exact) mass is 229 g/mol. The summed E-state index contributed by atoms with van der Waals surface area (Å²) in [6.07, 6.45) is 3.57. The fourth-order valence-corrected chi connectivity index (χ4v) is 2.16. The Morgan fingerprint density at radius 3 is 2.60 bits per heavy atom. The zero-order chi connectivity index (χ0) is 11.3. The number of likely N-dealkylation sites (tertiary alicyclic amines) is 1. The fraction of sp³-hybridized carbons (Fsp3) is 0.909.